The molecule has 2 N–H and O–H groups in total. The van der Waals surface area contributed by atoms with Crippen LogP contribution in [-0.4, -0.2) is 42.2 Å². The summed E-state index contributed by atoms with van der Waals surface area (Å²) in [7, 11) is 0. The second kappa shape index (κ2) is 8.49. The molecule has 0 fully saturated rings. The second-order valence-electron chi connectivity index (χ2n) is 7.06. The van der Waals surface area contributed by atoms with Crippen molar-refractivity contribution in [1.82, 2.24) is 15.8 Å². The van der Waals surface area contributed by atoms with Crippen molar-refractivity contribution in [2.24, 2.45) is 0 Å². The maximum atomic E-state index is 12.5. The van der Waals surface area contributed by atoms with Crippen molar-refractivity contribution in [3.63, 3.8) is 0 Å². The van der Waals surface area contributed by atoms with Crippen molar-refractivity contribution >= 4 is 5.91 Å². The van der Waals surface area contributed by atoms with Gasteiger partial charge >= 0.3 is 0 Å². The molecular weight excluding hydrogens is 302 g/mol. The Hall–Kier alpha value is -1.59. The van der Waals surface area contributed by atoms with Crippen LogP contribution in [0.2, 0.25) is 0 Å². The van der Waals surface area contributed by atoms with Gasteiger partial charge in [-0.15, -0.1) is 0 Å². The van der Waals surface area contributed by atoms with Crippen LogP contribution in [0.25, 0.3) is 0 Å². The Morgan fingerprint density at radius 3 is 2.67 bits per heavy atom. The van der Waals surface area contributed by atoms with Crippen molar-refractivity contribution in [2.45, 2.75) is 65.6 Å². The third-order valence-corrected chi connectivity index (χ3v) is 4.00. The van der Waals surface area contributed by atoms with Gasteiger partial charge in [0.1, 0.15) is 12.4 Å². The minimum absolute atomic E-state index is 0.0232. The largest absolute Gasteiger partial charge is 0.492 e. The predicted molar refractivity (Wildman–Crippen MR) is 97.3 cm³/mol. The van der Waals surface area contributed by atoms with E-state index >= 15 is 0 Å². The Morgan fingerprint density at radius 1 is 1.29 bits per heavy atom. The first-order valence-corrected chi connectivity index (χ1v) is 9.00. The molecule has 5 heteroatoms. The molecule has 1 aliphatic heterocycles. The zero-order valence-corrected chi connectivity index (χ0v) is 15.6. The summed E-state index contributed by atoms with van der Waals surface area (Å²) < 4.78 is 5.98. The summed E-state index contributed by atoms with van der Waals surface area (Å²) in [5, 5.41) is 5.26. The maximum Gasteiger partial charge on any atom is 0.251 e. The molecule has 24 heavy (non-hydrogen) atoms. The first-order valence-electron chi connectivity index (χ1n) is 9.00. The molecule has 0 radical (unpaired) electrons. The van der Waals surface area contributed by atoms with Crippen LogP contribution in [-0.2, 0) is 6.42 Å². The lowest BCUT2D eigenvalue weighted by Gasteiger charge is -2.37. The topological polar surface area (TPSA) is 53.6 Å². The summed E-state index contributed by atoms with van der Waals surface area (Å²) in [6.07, 6.45) is 1.88. The van der Waals surface area contributed by atoms with Crippen LogP contribution >= 0.6 is 0 Å². The minimum atomic E-state index is -0.0232. The predicted octanol–water partition coefficient (Wildman–Crippen LogP) is 2.75. The van der Waals surface area contributed by atoms with Gasteiger partial charge in [-0.05, 0) is 52.7 Å². The molecule has 134 valence electrons. The van der Waals surface area contributed by atoms with Crippen LogP contribution < -0.4 is 15.5 Å². The van der Waals surface area contributed by atoms with Gasteiger partial charge in [-0.3, -0.25) is 10.2 Å². The van der Waals surface area contributed by atoms with E-state index in [1.807, 2.05) is 32.0 Å². The van der Waals surface area contributed by atoms with E-state index < -0.39 is 0 Å². The molecule has 1 heterocycles. The molecule has 1 amide bonds. The van der Waals surface area contributed by atoms with Gasteiger partial charge in [0.05, 0.1) is 6.04 Å². The third kappa shape index (κ3) is 4.71. The summed E-state index contributed by atoms with van der Waals surface area (Å²) in [6, 6.07) is 6.46. The Morgan fingerprint density at radius 2 is 2.04 bits per heavy atom. The standard InChI is InChI=1S/C19H31N3O2/c1-6-10-22(21-14(4)5)15-11-17-16(19(23)20-13(2)3)8-7-9-18(17)24-12-15/h7-9,13-15,21H,6,10-12H2,1-5H3,(H,20,23). The highest BCUT2D eigenvalue weighted by molar-refractivity contribution is 5.96. The van der Waals surface area contributed by atoms with Gasteiger partial charge in [0.15, 0.2) is 0 Å². The number of benzene rings is 1. The van der Waals surface area contributed by atoms with Crippen LogP contribution in [0.4, 0.5) is 0 Å². The Labute approximate surface area is 145 Å². The Kier molecular flexibility index (Phi) is 6.63. The highest BCUT2D eigenvalue weighted by Gasteiger charge is 2.28. The van der Waals surface area contributed by atoms with Gasteiger partial charge in [0.2, 0.25) is 0 Å². The summed E-state index contributed by atoms with van der Waals surface area (Å²) in [4.78, 5) is 12.5. The number of nitrogens with one attached hydrogen (secondary N) is 2. The number of ether oxygens (including phenoxy) is 1. The van der Waals surface area contributed by atoms with E-state index in [0.29, 0.717) is 12.6 Å². The molecule has 0 aliphatic carbocycles. The van der Waals surface area contributed by atoms with Crippen molar-refractivity contribution in [3.8, 4) is 5.75 Å². The number of hydrogen-bond acceptors (Lipinski definition) is 4. The molecule has 0 saturated carbocycles. The zero-order valence-electron chi connectivity index (χ0n) is 15.6. The van der Waals surface area contributed by atoms with E-state index in [2.05, 4.69) is 36.5 Å². The monoisotopic (exact) mass is 333 g/mol. The lowest BCUT2D eigenvalue weighted by atomic mass is 9.96. The number of carbonyl (C=O) groups excluding carboxylic acids is 1. The normalized spacial score (nSPS) is 17.1. The number of carbonyl (C=O) groups is 1. The van der Waals surface area contributed by atoms with E-state index in [0.717, 1.165) is 36.3 Å². The van der Waals surface area contributed by atoms with E-state index in [-0.39, 0.29) is 18.0 Å². The minimum Gasteiger partial charge on any atom is -0.492 e. The summed E-state index contributed by atoms with van der Waals surface area (Å²) in [6.45, 7) is 12.0. The Bertz CT molecular complexity index is 558. The first kappa shape index (κ1) is 18.7. The quantitative estimate of drug-likeness (QED) is 0.754. The molecule has 5 nitrogen and oxygen atoms in total. The van der Waals surface area contributed by atoms with Gasteiger partial charge in [-0.1, -0.05) is 13.0 Å². The van der Waals surface area contributed by atoms with E-state index in [1.54, 1.807) is 0 Å². The molecule has 0 spiro atoms. The molecule has 1 unspecified atom stereocenters. The molecule has 1 aromatic carbocycles. The van der Waals surface area contributed by atoms with Gasteiger partial charge in [0, 0.05) is 29.8 Å². The molecule has 1 aliphatic rings. The highest BCUT2D eigenvalue weighted by atomic mass is 16.5. The average Bonchev–Trinajstić information content (AvgIpc) is 2.52. The van der Waals surface area contributed by atoms with Gasteiger partial charge in [-0.25, -0.2) is 5.01 Å². The van der Waals surface area contributed by atoms with Crippen LogP contribution in [0.3, 0.4) is 0 Å². The van der Waals surface area contributed by atoms with Crippen LogP contribution in [0.5, 0.6) is 5.75 Å². The van der Waals surface area contributed by atoms with E-state index in [4.69, 9.17) is 4.74 Å². The van der Waals surface area contributed by atoms with Crippen LogP contribution in [0, 0.1) is 0 Å². The van der Waals surface area contributed by atoms with Crippen LogP contribution in [0.1, 0.15) is 57.0 Å². The molecule has 2 rings (SSSR count). The van der Waals surface area contributed by atoms with Crippen molar-refractivity contribution in [2.75, 3.05) is 13.2 Å². The van der Waals surface area contributed by atoms with Crippen molar-refractivity contribution < 1.29 is 9.53 Å². The zero-order chi connectivity index (χ0) is 17.7. The Balaban J connectivity index is 2.22. The number of amides is 1. The molecule has 0 aromatic heterocycles. The number of fused-ring (bicyclic) bond motifs is 1. The molecule has 1 atom stereocenters. The number of hydrazine groups is 1. The van der Waals surface area contributed by atoms with Crippen molar-refractivity contribution in [3.05, 3.63) is 29.3 Å². The number of nitrogens with zero attached hydrogens (tertiary/aromatic N) is 1. The summed E-state index contributed by atoms with van der Waals surface area (Å²) >= 11 is 0. The van der Waals surface area contributed by atoms with E-state index in [1.165, 1.54) is 0 Å². The fraction of sp³-hybridized carbons (Fsp3) is 0.632. The first-order chi connectivity index (χ1) is 11.4. The lowest BCUT2D eigenvalue weighted by Crippen LogP contribution is -2.53. The van der Waals surface area contributed by atoms with Gasteiger partial charge < -0.3 is 10.1 Å². The number of hydrogen-bond donors (Lipinski definition) is 2. The highest BCUT2D eigenvalue weighted by Crippen LogP contribution is 2.29. The van der Waals surface area contributed by atoms with Gasteiger partial charge in [-0.2, -0.15) is 0 Å². The van der Waals surface area contributed by atoms with Crippen molar-refractivity contribution in [1.29, 1.82) is 0 Å². The SMILES string of the molecule is CCCN(NC(C)C)C1COc2cccc(C(=O)NC(C)C)c2C1. The fourth-order valence-electron chi connectivity index (χ4n) is 3.07. The van der Waals surface area contributed by atoms with Crippen LogP contribution in [0.15, 0.2) is 18.2 Å². The second-order valence-corrected chi connectivity index (χ2v) is 7.06. The third-order valence-electron chi connectivity index (χ3n) is 4.00. The average molecular weight is 333 g/mol. The fourth-order valence-corrected chi connectivity index (χ4v) is 3.07. The van der Waals surface area contributed by atoms with Gasteiger partial charge in [0.25, 0.3) is 5.91 Å². The smallest absolute Gasteiger partial charge is 0.251 e. The molecule has 1 aromatic rings. The summed E-state index contributed by atoms with van der Waals surface area (Å²) in [5.41, 5.74) is 5.26. The number of rotatable bonds is 7. The lowest BCUT2D eigenvalue weighted by molar-refractivity contribution is 0.0612. The summed E-state index contributed by atoms with van der Waals surface area (Å²) in [5.74, 6) is 0.814. The molecular formula is C19H31N3O2. The molecule has 0 bridgehead atoms. The maximum absolute atomic E-state index is 12.5. The van der Waals surface area contributed by atoms with E-state index in [9.17, 15) is 4.79 Å². The molecule has 0 saturated heterocycles.